The van der Waals surface area contributed by atoms with Crippen LogP contribution in [0.4, 0.5) is 0 Å². The topological polar surface area (TPSA) is 325 Å². The average molecular weight is 373 g/mol. The van der Waals surface area contributed by atoms with Crippen LogP contribution in [0.1, 0.15) is 0 Å². The molecule has 1 rings (SSSR count). The highest BCUT2D eigenvalue weighted by atomic mass is 32.3. The van der Waals surface area contributed by atoms with Crippen molar-refractivity contribution >= 4 is 35.9 Å². The van der Waals surface area contributed by atoms with Crippen molar-refractivity contribution in [3.63, 3.8) is 0 Å². The van der Waals surface area contributed by atoms with Gasteiger partial charge in [0.25, 0.3) is 0 Å². The summed E-state index contributed by atoms with van der Waals surface area (Å²) in [7, 11) is -5.01. The standard InChI is InChI=1S/C2H7N.Al.2H2O4S.6H2O/c1-3-2;;2*1-5(2,3)4;;;;;;/h3H,1-2H3;;2*(H2,1,2,3,4);6*1H2/q;+3;;;;;;;;/p-3. The largest absolute Gasteiger partial charge is 0.953 e. The van der Waals surface area contributed by atoms with Crippen LogP contribution in [-0.4, -0.2) is 83.5 Å². The van der Waals surface area contributed by atoms with Gasteiger partial charge in [0.1, 0.15) is 0 Å². The second-order valence-corrected chi connectivity index (χ2v) is 6.49. The van der Waals surface area contributed by atoms with Gasteiger partial charge in [0.15, 0.2) is 10.4 Å². The zero-order valence-electron chi connectivity index (χ0n) is 10.2. The van der Waals surface area contributed by atoms with E-state index in [0.29, 0.717) is 0 Å². The first-order valence-corrected chi connectivity index (χ1v) is 7.28. The molecular formula is C2H20AlNO14S2. The SMILES string of the molecule is C[NH2+]C.O.O.O.O.O.O.O=S(=O)([O-])[O][Al]1[O]S(=O)(=O)[O]1. The van der Waals surface area contributed by atoms with Crippen molar-refractivity contribution in [2.24, 2.45) is 0 Å². The molecule has 0 spiro atoms. The fourth-order valence-electron chi connectivity index (χ4n) is 0.328. The Labute approximate surface area is 120 Å². The Balaban J connectivity index is -0.0000000348. The van der Waals surface area contributed by atoms with Gasteiger partial charge < -0.3 is 52.4 Å². The van der Waals surface area contributed by atoms with Crippen molar-refractivity contribution in [1.82, 2.24) is 0 Å². The summed E-state index contributed by atoms with van der Waals surface area (Å²) in [6.07, 6.45) is 0. The first-order valence-electron chi connectivity index (χ1n) is 3.20. The Bertz CT molecular complexity index is 351. The molecule has 0 radical (unpaired) electrons. The predicted octanol–water partition coefficient (Wildman–Crippen LogP) is -8.40. The van der Waals surface area contributed by atoms with Crippen molar-refractivity contribution in [3.8, 4) is 0 Å². The summed E-state index contributed by atoms with van der Waals surface area (Å²) in [5.74, 6) is 0. The number of hydrogen-bond donors (Lipinski definition) is 1. The van der Waals surface area contributed by atoms with Crippen LogP contribution < -0.4 is 5.32 Å². The predicted molar refractivity (Wildman–Crippen MR) is 63.1 cm³/mol. The number of hydrogen-bond acceptors (Lipinski definition) is 8. The molecule has 0 amide bonds. The number of nitrogens with two attached hydrogens (primary N) is 1. The molecule has 20 heavy (non-hydrogen) atoms. The third kappa shape index (κ3) is 23.1. The van der Waals surface area contributed by atoms with Gasteiger partial charge in [-0.15, -0.1) is 0 Å². The quantitative estimate of drug-likeness (QED) is 0.274. The van der Waals surface area contributed by atoms with Gasteiger partial charge in [0.05, 0.1) is 14.1 Å². The van der Waals surface area contributed by atoms with Gasteiger partial charge in [0, 0.05) is 0 Å². The first kappa shape index (κ1) is 42.7. The van der Waals surface area contributed by atoms with E-state index in [4.69, 9.17) is 0 Å². The van der Waals surface area contributed by atoms with Crippen molar-refractivity contribution in [2.45, 2.75) is 0 Å². The van der Waals surface area contributed by atoms with Crippen LogP contribution in [0.5, 0.6) is 0 Å². The summed E-state index contributed by atoms with van der Waals surface area (Å²) in [6, 6.07) is 0. The van der Waals surface area contributed by atoms with Crippen LogP contribution in [0.3, 0.4) is 0 Å². The second-order valence-electron chi connectivity index (χ2n) is 1.97. The minimum atomic E-state index is -4.94. The van der Waals surface area contributed by atoms with E-state index in [1.165, 1.54) is 0 Å². The Morgan fingerprint density at radius 1 is 1.00 bits per heavy atom. The molecule has 0 aliphatic carbocycles. The third-order valence-corrected chi connectivity index (χ3v) is 5.30. The molecule has 0 aromatic carbocycles. The second kappa shape index (κ2) is 17.0. The lowest BCUT2D eigenvalue weighted by molar-refractivity contribution is -0.597. The minimum absolute atomic E-state index is 0. The van der Waals surface area contributed by atoms with Gasteiger partial charge in [-0.1, -0.05) is 0 Å². The maximum absolute atomic E-state index is 10.00. The summed E-state index contributed by atoms with van der Waals surface area (Å²) in [5.41, 5.74) is 0. The Kier molecular flexibility index (Phi) is 36.4. The maximum atomic E-state index is 10.00. The molecule has 0 saturated carbocycles. The lowest BCUT2D eigenvalue weighted by atomic mass is 11.3. The highest BCUT2D eigenvalue weighted by Gasteiger charge is 2.54. The average Bonchev–Trinajstić information content (AvgIpc) is 1.80. The number of rotatable bonds is 2. The highest BCUT2D eigenvalue weighted by molar-refractivity contribution is 7.87. The van der Waals surface area contributed by atoms with Gasteiger partial charge in [0.2, 0.25) is 0 Å². The van der Waals surface area contributed by atoms with E-state index in [9.17, 15) is 21.4 Å². The molecule has 0 atom stereocenters. The fourth-order valence-corrected chi connectivity index (χ4v) is 3.53. The van der Waals surface area contributed by atoms with Gasteiger partial charge >= 0.3 is 25.5 Å². The van der Waals surface area contributed by atoms with Crippen molar-refractivity contribution in [1.29, 1.82) is 0 Å². The molecule has 1 aliphatic rings. The van der Waals surface area contributed by atoms with Crippen LogP contribution in [-0.2, 0) is 30.5 Å². The molecule has 0 bridgehead atoms. The van der Waals surface area contributed by atoms with E-state index in [1.807, 2.05) is 19.4 Å². The van der Waals surface area contributed by atoms with E-state index >= 15 is 0 Å². The van der Waals surface area contributed by atoms with E-state index in [1.54, 1.807) is 0 Å². The van der Waals surface area contributed by atoms with Crippen LogP contribution in [0.15, 0.2) is 0 Å². The lowest BCUT2D eigenvalue weighted by Crippen LogP contribution is -2.74. The maximum Gasteiger partial charge on any atom is 0.953 e. The van der Waals surface area contributed by atoms with E-state index in [-0.39, 0.29) is 32.9 Å². The molecule has 1 heterocycles. The smallest absolute Gasteiger partial charge is 0.727 e. The normalized spacial score (nSPS) is 13.4. The molecular weight excluding hydrogens is 353 g/mol. The molecule has 15 nitrogen and oxygen atoms in total. The van der Waals surface area contributed by atoms with Gasteiger partial charge in [-0.3, -0.25) is 0 Å². The summed E-state index contributed by atoms with van der Waals surface area (Å²) in [4.78, 5) is 0. The van der Waals surface area contributed by atoms with Crippen LogP contribution in [0.25, 0.3) is 0 Å². The highest BCUT2D eigenvalue weighted by Crippen LogP contribution is 2.16. The molecule has 0 aromatic rings. The molecule has 132 valence electrons. The first-order chi connectivity index (χ1) is 6.20. The van der Waals surface area contributed by atoms with Crippen molar-refractivity contribution in [3.05, 3.63) is 0 Å². The van der Waals surface area contributed by atoms with E-state index in [2.05, 4.69) is 9.70 Å². The van der Waals surface area contributed by atoms with Gasteiger partial charge in [-0.05, 0) is 0 Å². The fraction of sp³-hybridized carbons (Fsp3) is 1.00. The van der Waals surface area contributed by atoms with Crippen molar-refractivity contribution < 1.29 is 69.3 Å². The van der Waals surface area contributed by atoms with Crippen LogP contribution in [0.2, 0.25) is 0 Å². The monoisotopic (exact) mass is 373 g/mol. The van der Waals surface area contributed by atoms with Crippen molar-refractivity contribution in [2.75, 3.05) is 14.1 Å². The molecule has 1 aliphatic heterocycles. The lowest BCUT2D eigenvalue weighted by Gasteiger charge is -2.20. The van der Waals surface area contributed by atoms with Crippen LogP contribution >= 0.6 is 0 Å². The zero-order valence-corrected chi connectivity index (χ0v) is 13.0. The Morgan fingerprint density at radius 3 is 1.40 bits per heavy atom. The minimum Gasteiger partial charge on any atom is -0.727 e. The third-order valence-electron chi connectivity index (χ3n) is 0.589. The summed E-state index contributed by atoms with van der Waals surface area (Å²) in [5, 5.41) is 2.00. The molecule has 18 heteroatoms. The van der Waals surface area contributed by atoms with Gasteiger partial charge in [-0.25, -0.2) is 8.42 Å². The summed E-state index contributed by atoms with van der Waals surface area (Å²) >= 11 is -3.24. The molecule has 0 unspecified atom stereocenters. The summed E-state index contributed by atoms with van der Waals surface area (Å²) < 4.78 is 60.4. The van der Waals surface area contributed by atoms with E-state index in [0.717, 1.165) is 0 Å². The molecule has 1 fully saturated rings. The zero-order chi connectivity index (χ0) is 11.4. The molecule has 1 saturated heterocycles. The van der Waals surface area contributed by atoms with Gasteiger partial charge in [-0.2, -0.15) is 8.42 Å². The Morgan fingerprint density at radius 2 is 1.25 bits per heavy atom. The van der Waals surface area contributed by atoms with E-state index < -0.39 is 35.9 Å². The number of quaternary nitrogens is 1. The molecule has 0 aromatic heterocycles. The Hall–Kier alpha value is -0.00753. The van der Waals surface area contributed by atoms with Crippen LogP contribution in [0, 0.1) is 0 Å². The summed E-state index contributed by atoms with van der Waals surface area (Å²) in [6.45, 7) is 0. The molecule has 14 N–H and O–H groups in total.